The van der Waals surface area contributed by atoms with Crippen LogP contribution in [-0.2, 0) is 36.0 Å². The van der Waals surface area contributed by atoms with Crippen LogP contribution in [0, 0.1) is 5.92 Å². The number of benzene rings is 1. The predicted molar refractivity (Wildman–Crippen MR) is 112 cm³/mol. The molecule has 29 heavy (non-hydrogen) atoms. The number of ether oxygens (including phenoxy) is 1. The summed E-state index contributed by atoms with van der Waals surface area (Å²) in [5, 5.41) is 5.10. The standard InChI is InChI=1S/C22H29ClN4O2/c1-25-15-20(23)21(24-25)16-27(9-8-26-10-12-29-13-11-26)22(28)19-7-6-17-4-2-3-5-18(17)14-19/h2-5,15,19H,6-14,16H2,1H3/p+1/t19-/m0/s1. The number of nitrogens with zero attached hydrogens (tertiary/aromatic N) is 3. The summed E-state index contributed by atoms with van der Waals surface area (Å²) in [5.41, 5.74) is 3.47. The maximum absolute atomic E-state index is 13.5. The normalized spacial score (nSPS) is 19.7. The van der Waals surface area contributed by atoms with Crippen molar-refractivity contribution in [2.45, 2.75) is 25.8 Å². The minimum atomic E-state index is 0.0343. The Morgan fingerprint density at radius 2 is 2.07 bits per heavy atom. The molecule has 1 fully saturated rings. The van der Waals surface area contributed by atoms with Crippen LogP contribution in [-0.4, -0.2) is 60.0 Å². The summed E-state index contributed by atoms with van der Waals surface area (Å²) in [7, 11) is 1.86. The average molecular weight is 418 g/mol. The summed E-state index contributed by atoms with van der Waals surface area (Å²) in [6, 6.07) is 8.50. The lowest BCUT2D eigenvalue weighted by Crippen LogP contribution is -3.14. The van der Waals surface area contributed by atoms with Crippen LogP contribution in [0.25, 0.3) is 0 Å². The highest BCUT2D eigenvalue weighted by Gasteiger charge is 2.30. The van der Waals surface area contributed by atoms with E-state index in [1.807, 2.05) is 11.9 Å². The van der Waals surface area contributed by atoms with Crippen LogP contribution in [0.2, 0.25) is 5.02 Å². The minimum absolute atomic E-state index is 0.0343. The molecule has 4 rings (SSSR count). The minimum Gasteiger partial charge on any atom is -0.370 e. The maximum atomic E-state index is 13.5. The third-order valence-corrected chi connectivity index (χ3v) is 6.45. The molecule has 1 saturated heterocycles. The molecule has 1 atom stereocenters. The van der Waals surface area contributed by atoms with E-state index < -0.39 is 0 Å². The van der Waals surface area contributed by atoms with Gasteiger partial charge in [0, 0.05) is 19.2 Å². The highest BCUT2D eigenvalue weighted by Crippen LogP contribution is 2.27. The summed E-state index contributed by atoms with van der Waals surface area (Å²) in [5.74, 6) is 0.265. The van der Waals surface area contributed by atoms with E-state index in [0.29, 0.717) is 11.6 Å². The number of carbonyl (C=O) groups is 1. The number of halogens is 1. The van der Waals surface area contributed by atoms with Gasteiger partial charge in [-0.05, 0) is 30.4 Å². The Morgan fingerprint density at radius 1 is 1.31 bits per heavy atom. The molecule has 6 nitrogen and oxygen atoms in total. The molecule has 2 heterocycles. The Labute approximate surface area is 177 Å². The van der Waals surface area contributed by atoms with Gasteiger partial charge < -0.3 is 14.5 Å². The van der Waals surface area contributed by atoms with Crippen molar-refractivity contribution in [2.75, 3.05) is 39.4 Å². The molecule has 0 bridgehead atoms. The second kappa shape index (κ2) is 9.28. The van der Waals surface area contributed by atoms with Crippen LogP contribution in [0.5, 0.6) is 0 Å². The van der Waals surface area contributed by atoms with Gasteiger partial charge in [-0.1, -0.05) is 35.9 Å². The van der Waals surface area contributed by atoms with Crippen LogP contribution in [0.3, 0.4) is 0 Å². The van der Waals surface area contributed by atoms with Gasteiger partial charge in [-0.2, -0.15) is 5.10 Å². The van der Waals surface area contributed by atoms with Gasteiger partial charge in [0.2, 0.25) is 5.91 Å². The number of rotatable bonds is 6. The predicted octanol–water partition coefficient (Wildman–Crippen LogP) is 1.12. The van der Waals surface area contributed by atoms with Gasteiger partial charge in [0.15, 0.2) is 0 Å². The van der Waals surface area contributed by atoms with Crippen molar-refractivity contribution in [3.05, 3.63) is 52.3 Å². The molecule has 0 radical (unpaired) electrons. The fourth-order valence-corrected chi connectivity index (χ4v) is 4.67. The molecule has 1 N–H and O–H groups in total. The van der Waals surface area contributed by atoms with Crippen LogP contribution in [0.15, 0.2) is 30.5 Å². The summed E-state index contributed by atoms with van der Waals surface area (Å²) in [6.45, 7) is 5.73. The molecule has 2 aliphatic rings. The van der Waals surface area contributed by atoms with Crippen LogP contribution in [0.4, 0.5) is 0 Å². The maximum Gasteiger partial charge on any atom is 0.226 e. The summed E-state index contributed by atoms with van der Waals surface area (Å²) in [4.78, 5) is 17.0. The van der Waals surface area contributed by atoms with Crippen molar-refractivity contribution in [1.29, 1.82) is 0 Å². The third kappa shape index (κ3) is 5.00. The Kier molecular flexibility index (Phi) is 6.53. The number of aryl methyl sites for hydroxylation is 2. The highest BCUT2D eigenvalue weighted by molar-refractivity contribution is 6.31. The quantitative estimate of drug-likeness (QED) is 0.766. The number of nitrogens with one attached hydrogen (secondary N) is 1. The van der Waals surface area contributed by atoms with E-state index in [2.05, 4.69) is 29.4 Å². The first-order chi connectivity index (χ1) is 14.1. The number of quaternary nitrogens is 1. The summed E-state index contributed by atoms with van der Waals surface area (Å²) >= 11 is 6.35. The Morgan fingerprint density at radius 3 is 2.79 bits per heavy atom. The van der Waals surface area contributed by atoms with Crippen molar-refractivity contribution in [3.63, 3.8) is 0 Å². The van der Waals surface area contributed by atoms with Gasteiger partial charge in [0.1, 0.15) is 18.8 Å². The molecular weight excluding hydrogens is 388 g/mol. The van der Waals surface area contributed by atoms with Gasteiger partial charge in [-0.15, -0.1) is 0 Å². The SMILES string of the molecule is Cn1cc(Cl)c(CN(CC[NH+]2CCOCC2)C(=O)[C@H]2CCc3ccccc3C2)n1. The highest BCUT2D eigenvalue weighted by atomic mass is 35.5. The van der Waals surface area contributed by atoms with Gasteiger partial charge in [0.05, 0.1) is 37.9 Å². The molecule has 0 saturated carbocycles. The monoisotopic (exact) mass is 417 g/mol. The second-order valence-corrected chi connectivity index (χ2v) is 8.59. The molecule has 1 aromatic heterocycles. The van der Waals surface area contributed by atoms with Crippen LogP contribution >= 0.6 is 11.6 Å². The molecule has 1 amide bonds. The van der Waals surface area contributed by atoms with Crippen molar-refractivity contribution >= 4 is 17.5 Å². The van der Waals surface area contributed by atoms with Crippen LogP contribution in [0.1, 0.15) is 23.2 Å². The third-order valence-electron chi connectivity index (χ3n) is 6.14. The summed E-state index contributed by atoms with van der Waals surface area (Å²) < 4.78 is 7.18. The number of amides is 1. The molecule has 0 spiro atoms. The number of aromatic nitrogens is 2. The van der Waals surface area contributed by atoms with Crippen molar-refractivity contribution in [2.24, 2.45) is 13.0 Å². The molecule has 0 unspecified atom stereocenters. The van der Waals surface area contributed by atoms with Gasteiger partial charge in [-0.25, -0.2) is 0 Å². The van der Waals surface area contributed by atoms with Crippen LogP contribution < -0.4 is 4.90 Å². The Balaban J connectivity index is 1.47. The first-order valence-electron chi connectivity index (χ1n) is 10.5. The molecule has 2 aromatic rings. The number of hydrogen-bond acceptors (Lipinski definition) is 3. The Bertz CT molecular complexity index is 847. The largest absolute Gasteiger partial charge is 0.370 e. The van der Waals surface area contributed by atoms with E-state index in [1.54, 1.807) is 10.9 Å². The number of carbonyl (C=O) groups excluding carboxylic acids is 1. The van der Waals surface area contributed by atoms with E-state index in [-0.39, 0.29) is 11.8 Å². The lowest BCUT2D eigenvalue weighted by molar-refractivity contribution is -0.907. The number of hydrogen-bond donors (Lipinski definition) is 1. The van der Waals surface area contributed by atoms with Gasteiger partial charge >= 0.3 is 0 Å². The first-order valence-corrected chi connectivity index (χ1v) is 10.9. The zero-order chi connectivity index (χ0) is 20.2. The molecule has 1 aliphatic carbocycles. The molecule has 7 heteroatoms. The topological polar surface area (TPSA) is 51.8 Å². The fourth-order valence-electron chi connectivity index (χ4n) is 4.43. The van der Waals surface area contributed by atoms with E-state index in [4.69, 9.17) is 16.3 Å². The smallest absolute Gasteiger partial charge is 0.226 e. The van der Waals surface area contributed by atoms with Crippen molar-refractivity contribution < 1.29 is 14.4 Å². The second-order valence-electron chi connectivity index (χ2n) is 8.18. The number of morpholine rings is 1. The lowest BCUT2D eigenvalue weighted by Gasteiger charge is -2.31. The Hall–Kier alpha value is -1.89. The van der Waals surface area contributed by atoms with E-state index in [9.17, 15) is 4.79 Å². The first kappa shape index (κ1) is 20.4. The van der Waals surface area contributed by atoms with Gasteiger partial charge in [-0.3, -0.25) is 9.48 Å². The van der Waals surface area contributed by atoms with Gasteiger partial charge in [0.25, 0.3) is 0 Å². The zero-order valence-electron chi connectivity index (χ0n) is 17.1. The summed E-state index contributed by atoms with van der Waals surface area (Å²) in [6.07, 6.45) is 4.50. The zero-order valence-corrected chi connectivity index (χ0v) is 17.8. The number of fused-ring (bicyclic) bond motifs is 1. The lowest BCUT2D eigenvalue weighted by atomic mass is 9.83. The van der Waals surface area contributed by atoms with Crippen molar-refractivity contribution in [3.8, 4) is 0 Å². The molecule has 1 aliphatic heterocycles. The van der Waals surface area contributed by atoms with E-state index in [1.165, 1.54) is 16.0 Å². The molecular formula is C22H30ClN4O2+. The molecule has 156 valence electrons. The van der Waals surface area contributed by atoms with Crippen molar-refractivity contribution in [1.82, 2.24) is 14.7 Å². The molecule has 1 aromatic carbocycles. The van der Waals surface area contributed by atoms with E-state index >= 15 is 0 Å². The van der Waals surface area contributed by atoms with E-state index in [0.717, 1.165) is 64.3 Å². The average Bonchev–Trinajstić information content (AvgIpc) is 3.07. The fraction of sp³-hybridized carbons (Fsp3) is 0.545.